The van der Waals surface area contributed by atoms with Crippen LogP contribution in [0.2, 0.25) is 0 Å². The second-order valence-corrected chi connectivity index (χ2v) is 6.42. The van der Waals surface area contributed by atoms with Crippen molar-refractivity contribution in [3.8, 4) is 0 Å². The summed E-state index contributed by atoms with van der Waals surface area (Å²) in [6.45, 7) is 1.75. The highest BCUT2D eigenvalue weighted by atomic mass is 32.2. The maximum absolute atomic E-state index is 12.3. The first-order valence-electron chi connectivity index (χ1n) is 6.39. The van der Waals surface area contributed by atoms with Gasteiger partial charge in [-0.25, -0.2) is 8.42 Å². The Labute approximate surface area is 124 Å². The fraction of sp³-hybridized carbons (Fsp3) is 0.133. The van der Waals surface area contributed by atoms with Crippen LogP contribution in [0.25, 0.3) is 0 Å². The van der Waals surface area contributed by atoms with Gasteiger partial charge in [-0.2, -0.15) is 0 Å². The number of hydrogen-bond donors (Lipinski definition) is 3. The Kier molecular flexibility index (Phi) is 4.28. The number of anilines is 1. The first-order valence-corrected chi connectivity index (χ1v) is 7.87. The van der Waals surface area contributed by atoms with Crippen LogP contribution in [0.15, 0.2) is 53.4 Å². The molecule has 21 heavy (non-hydrogen) atoms. The van der Waals surface area contributed by atoms with Crippen molar-refractivity contribution in [2.24, 2.45) is 5.73 Å². The lowest BCUT2D eigenvalue weighted by atomic mass is 10.1. The number of hydrogen-bond acceptors (Lipinski definition) is 3. The fourth-order valence-corrected chi connectivity index (χ4v) is 3.28. The molecule has 2 aromatic carbocycles. The zero-order valence-corrected chi connectivity index (χ0v) is 12.4. The topological polar surface area (TPSA) is 96.0 Å². The van der Waals surface area contributed by atoms with Crippen molar-refractivity contribution in [3.05, 3.63) is 59.7 Å². The molecule has 0 bridgehead atoms. The Morgan fingerprint density at radius 2 is 1.76 bits per heavy atom. The van der Waals surface area contributed by atoms with E-state index in [1.54, 1.807) is 55.5 Å². The number of nitrogens with two attached hydrogens (primary N) is 1. The third-order valence-electron chi connectivity index (χ3n) is 2.98. The van der Waals surface area contributed by atoms with Crippen LogP contribution in [-0.4, -0.2) is 14.3 Å². The molecule has 2 rings (SSSR count). The van der Waals surface area contributed by atoms with E-state index < -0.39 is 10.0 Å². The molecule has 0 fully saturated rings. The lowest BCUT2D eigenvalue weighted by Crippen LogP contribution is -2.15. The molecule has 0 amide bonds. The molecule has 0 unspecified atom stereocenters. The quantitative estimate of drug-likeness (QED) is 0.584. The van der Waals surface area contributed by atoms with Gasteiger partial charge in [0.15, 0.2) is 0 Å². The van der Waals surface area contributed by atoms with Gasteiger partial charge in [-0.3, -0.25) is 10.1 Å². The van der Waals surface area contributed by atoms with Crippen molar-refractivity contribution in [1.82, 2.24) is 0 Å². The maximum atomic E-state index is 12.3. The number of nitrogens with one attached hydrogen (secondary N) is 2. The molecule has 0 radical (unpaired) electrons. The molecule has 0 saturated carbocycles. The van der Waals surface area contributed by atoms with E-state index in [1.165, 1.54) is 0 Å². The van der Waals surface area contributed by atoms with Crippen molar-refractivity contribution in [1.29, 1.82) is 5.41 Å². The summed E-state index contributed by atoms with van der Waals surface area (Å²) in [6, 6.07) is 13.6. The highest BCUT2D eigenvalue weighted by Gasteiger charge is 2.16. The van der Waals surface area contributed by atoms with Gasteiger partial charge in [0.1, 0.15) is 0 Å². The normalized spacial score (nSPS) is 11.1. The molecule has 5 nitrogen and oxygen atoms in total. The molecule has 0 aliphatic heterocycles. The van der Waals surface area contributed by atoms with Crippen LogP contribution in [0, 0.1) is 12.3 Å². The van der Waals surface area contributed by atoms with E-state index in [2.05, 4.69) is 4.72 Å². The second kappa shape index (κ2) is 5.97. The molecular formula is C15H17N3O2S. The number of benzene rings is 2. The van der Waals surface area contributed by atoms with E-state index in [4.69, 9.17) is 11.1 Å². The third-order valence-corrected chi connectivity index (χ3v) is 4.53. The Hall–Kier alpha value is -2.34. The minimum atomic E-state index is -3.60. The number of sulfonamides is 1. The van der Waals surface area contributed by atoms with Gasteiger partial charge >= 0.3 is 0 Å². The molecule has 4 N–H and O–H groups in total. The molecule has 0 atom stereocenters. The van der Waals surface area contributed by atoms with E-state index in [0.29, 0.717) is 17.7 Å². The van der Waals surface area contributed by atoms with Crippen LogP contribution in [0.1, 0.15) is 11.1 Å². The van der Waals surface area contributed by atoms with Crippen molar-refractivity contribution in [2.45, 2.75) is 18.2 Å². The van der Waals surface area contributed by atoms with Crippen molar-refractivity contribution >= 4 is 21.5 Å². The molecule has 0 spiro atoms. The van der Waals surface area contributed by atoms with Gasteiger partial charge in [0.25, 0.3) is 10.0 Å². The SMILES string of the molecule is Cc1ccccc1S(=O)(=O)Nc1ccc(CC(=N)N)cc1. The second-order valence-electron chi connectivity index (χ2n) is 4.77. The number of rotatable bonds is 5. The van der Waals surface area contributed by atoms with Gasteiger partial charge < -0.3 is 5.73 Å². The smallest absolute Gasteiger partial charge is 0.262 e. The lowest BCUT2D eigenvalue weighted by molar-refractivity contribution is 0.600. The Morgan fingerprint density at radius 1 is 1.14 bits per heavy atom. The van der Waals surface area contributed by atoms with Gasteiger partial charge in [0.05, 0.1) is 10.7 Å². The summed E-state index contributed by atoms with van der Waals surface area (Å²) in [4.78, 5) is 0.262. The summed E-state index contributed by atoms with van der Waals surface area (Å²) < 4.78 is 27.2. The van der Waals surface area contributed by atoms with E-state index in [1.807, 2.05) is 0 Å². The molecule has 0 aliphatic rings. The van der Waals surface area contributed by atoms with Crippen molar-refractivity contribution in [2.75, 3.05) is 4.72 Å². The third kappa shape index (κ3) is 3.82. The Balaban J connectivity index is 2.21. The van der Waals surface area contributed by atoms with Crippen LogP contribution in [0.5, 0.6) is 0 Å². The number of aryl methyl sites for hydroxylation is 1. The predicted molar refractivity (Wildman–Crippen MR) is 84.0 cm³/mol. The summed E-state index contributed by atoms with van der Waals surface area (Å²) in [5, 5.41) is 7.23. The fourth-order valence-electron chi connectivity index (χ4n) is 1.98. The lowest BCUT2D eigenvalue weighted by Gasteiger charge is -2.10. The largest absolute Gasteiger partial charge is 0.387 e. The van der Waals surface area contributed by atoms with Crippen LogP contribution in [-0.2, 0) is 16.4 Å². The summed E-state index contributed by atoms with van der Waals surface area (Å²) in [5.74, 6) is 0.0724. The van der Waals surface area contributed by atoms with Gasteiger partial charge in [0.2, 0.25) is 0 Å². The van der Waals surface area contributed by atoms with Crippen LogP contribution in [0.4, 0.5) is 5.69 Å². The molecule has 0 heterocycles. The van der Waals surface area contributed by atoms with Crippen LogP contribution < -0.4 is 10.5 Å². The predicted octanol–water partition coefficient (Wildman–Crippen LogP) is 2.27. The van der Waals surface area contributed by atoms with Crippen LogP contribution >= 0.6 is 0 Å². The maximum Gasteiger partial charge on any atom is 0.262 e. The summed E-state index contributed by atoms with van der Waals surface area (Å²) in [5.41, 5.74) is 7.36. The van der Waals surface area contributed by atoms with Crippen molar-refractivity contribution < 1.29 is 8.42 Å². The van der Waals surface area contributed by atoms with Crippen LogP contribution in [0.3, 0.4) is 0 Å². The highest BCUT2D eigenvalue weighted by Crippen LogP contribution is 2.19. The van der Waals surface area contributed by atoms with Gasteiger partial charge in [-0.1, -0.05) is 30.3 Å². The summed E-state index contributed by atoms with van der Waals surface area (Å²) >= 11 is 0. The highest BCUT2D eigenvalue weighted by molar-refractivity contribution is 7.92. The average Bonchev–Trinajstić information content (AvgIpc) is 2.40. The average molecular weight is 303 g/mol. The first kappa shape index (κ1) is 15.1. The minimum Gasteiger partial charge on any atom is -0.387 e. The molecule has 110 valence electrons. The zero-order valence-electron chi connectivity index (χ0n) is 11.6. The monoisotopic (exact) mass is 303 g/mol. The summed E-state index contributed by atoms with van der Waals surface area (Å²) in [6.07, 6.45) is 0.352. The van der Waals surface area contributed by atoms with Gasteiger partial charge in [-0.05, 0) is 36.2 Å². The molecule has 0 saturated heterocycles. The zero-order chi connectivity index (χ0) is 15.5. The summed E-state index contributed by atoms with van der Waals surface area (Å²) in [7, 11) is -3.60. The van der Waals surface area contributed by atoms with Gasteiger partial charge in [-0.15, -0.1) is 0 Å². The van der Waals surface area contributed by atoms with Gasteiger partial charge in [0, 0.05) is 12.1 Å². The molecule has 6 heteroatoms. The standard InChI is InChI=1S/C15H17N3O2S/c1-11-4-2-3-5-14(11)21(19,20)18-13-8-6-12(7-9-13)10-15(16)17/h2-9,18H,10H2,1H3,(H3,16,17). The van der Waals surface area contributed by atoms with E-state index >= 15 is 0 Å². The van der Waals surface area contributed by atoms with E-state index in [0.717, 1.165) is 5.56 Å². The Morgan fingerprint density at radius 3 is 2.33 bits per heavy atom. The molecule has 2 aromatic rings. The van der Waals surface area contributed by atoms with Crippen molar-refractivity contribution in [3.63, 3.8) is 0 Å². The molecular weight excluding hydrogens is 286 g/mol. The molecule has 0 aliphatic carbocycles. The first-order chi connectivity index (χ1) is 9.88. The number of amidine groups is 1. The van der Waals surface area contributed by atoms with E-state index in [9.17, 15) is 8.42 Å². The van der Waals surface area contributed by atoms with E-state index in [-0.39, 0.29) is 10.7 Å². The minimum absolute atomic E-state index is 0.0724. The Bertz CT molecular complexity index is 753. The molecule has 0 aromatic heterocycles.